The molecule has 0 aliphatic carbocycles. The van der Waals surface area contributed by atoms with E-state index in [0.717, 1.165) is 37.4 Å². The first kappa shape index (κ1) is 17.1. The van der Waals surface area contributed by atoms with Crippen LogP contribution in [0.4, 0.5) is 0 Å². The molecule has 136 valence electrons. The van der Waals surface area contributed by atoms with Crippen LogP contribution in [-0.2, 0) is 17.6 Å². The highest BCUT2D eigenvalue weighted by molar-refractivity contribution is 5.79. The van der Waals surface area contributed by atoms with Crippen molar-refractivity contribution < 1.29 is 9.53 Å². The fourth-order valence-electron chi connectivity index (χ4n) is 4.04. The van der Waals surface area contributed by atoms with Crippen molar-refractivity contribution in [2.24, 2.45) is 0 Å². The Morgan fingerprint density at radius 3 is 2.77 bits per heavy atom. The molecule has 2 atom stereocenters. The number of rotatable bonds is 3. The monoisotopic (exact) mass is 350 g/mol. The molecule has 1 fully saturated rings. The van der Waals surface area contributed by atoms with Gasteiger partial charge in [0.15, 0.2) is 0 Å². The van der Waals surface area contributed by atoms with Crippen LogP contribution < -0.4 is 4.74 Å². The van der Waals surface area contributed by atoms with Crippen LogP contribution in [-0.4, -0.2) is 48.5 Å². The predicted molar refractivity (Wildman–Crippen MR) is 102 cm³/mol. The van der Waals surface area contributed by atoms with Gasteiger partial charge in [-0.15, -0.1) is 0 Å². The van der Waals surface area contributed by atoms with Gasteiger partial charge in [0.2, 0.25) is 5.91 Å². The van der Waals surface area contributed by atoms with Crippen molar-refractivity contribution in [3.63, 3.8) is 0 Å². The van der Waals surface area contributed by atoms with E-state index in [1.165, 1.54) is 11.1 Å². The Labute approximate surface area is 155 Å². The number of carbonyl (C=O) groups excluding carboxylic acids is 1. The van der Waals surface area contributed by atoms with Gasteiger partial charge in [0.05, 0.1) is 12.5 Å². The molecule has 4 heteroatoms. The Balaban J connectivity index is 1.52. The van der Waals surface area contributed by atoms with Crippen LogP contribution in [0, 0.1) is 0 Å². The lowest BCUT2D eigenvalue weighted by atomic mass is 10.0. The van der Waals surface area contributed by atoms with Crippen molar-refractivity contribution in [3.8, 4) is 5.75 Å². The summed E-state index contributed by atoms with van der Waals surface area (Å²) in [6.07, 6.45) is 1.61. The van der Waals surface area contributed by atoms with E-state index in [9.17, 15) is 4.79 Å². The number of fused-ring (bicyclic) bond motifs is 1. The molecule has 4 nitrogen and oxygen atoms in total. The topological polar surface area (TPSA) is 32.8 Å². The minimum absolute atomic E-state index is 0.125. The van der Waals surface area contributed by atoms with E-state index >= 15 is 0 Å². The molecular formula is C22H26N2O2. The molecule has 2 aliphatic heterocycles. The molecule has 2 aliphatic rings. The number of amides is 1. The standard InChI is InChI=1S/C22H26N2O2/c1-16-12-19-13-17(8-9-21(19)26-16)14-22(25)24-11-10-23(2)15-20(24)18-6-4-3-5-7-18/h3-9,13,16,20H,10-12,14-15H2,1-2H3/t16-,20+/m1/s1. The summed E-state index contributed by atoms with van der Waals surface area (Å²) in [7, 11) is 2.12. The number of nitrogens with zero attached hydrogens (tertiary/aromatic N) is 2. The Morgan fingerprint density at radius 2 is 1.96 bits per heavy atom. The maximum atomic E-state index is 13.1. The summed E-state index contributed by atoms with van der Waals surface area (Å²) >= 11 is 0. The molecule has 0 aromatic heterocycles. The van der Waals surface area contributed by atoms with E-state index in [4.69, 9.17) is 4.74 Å². The Bertz CT molecular complexity index is 790. The van der Waals surface area contributed by atoms with E-state index < -0.39 is 0 Å². The van der Waals surface area contributed by atoms with Crippen LogP contribution in [0.5, 0.6) is 5.75 Å². The lowest BCUT2D eigenvalue weighted by molar-refractivity contribution is -0.135. The molecule has 0 bridgehead atoms. The SMILES string of the molecule is C[C@@H]1Cc2cc(CC(=O)N3CCN(C)C[C@H]3c3ccccc3)ccc2O1. The second-order valence-electron chi connectivity index (χ2n) is 7.53. The van der Waals surface area contributed by atoms with Crippen molar-refractivity contribution >= 4 is 5.91 Å². The fraction of sp³-hybridized carbons (Fsp3) is 0.409. The van der Waals surface area contributed by atoms with Gasteiger partial charge >= 0.3 is 0 Å². The average molecular weight is 350 g/mol. The van der Waals surface area contributed by atoms with Gasteiger partial charge in [-0.2, -0.15) is 0 Å². The number of benzene rings is 2. The van der Waals surface area contributed by atoms with E-state index in [0.29, 0.717) is 6.42 Å². The summed E-state index contributed by atoms with van der Waals surface area (Å²) in [6.45, 7) is 4.66. The van der Waals surface area contributed by atoms with Crippen LogP contribution in [0.2, 0.25) is 0 Å². The number of carbonyl (C=O) groups is 1. The van der Waals surface area contributed by atoms with E-state index in [-0.39, 0.29) is 18.1 Å². The van der Waals surface area contributed by atoms with Gasteiger partial charge in [0, 0.05) is 26.1 Å². The van der Waals surface area contributed by atoms with Crippen molar-refractivity contribution in [3.05, 3.63) is 65.2 Å². The van der Waals surface area contributed by atoms with Crippen molar-refractivity contribution in [2.45, 2.75) is 31.9 Å². The molecule has 1 amide bonds. The molecule has 2 aromatic rings. The maximum Gasteiger partial charge on any atom is 0.227 e. The van der Waals surface area contributed by atoms with Gasteiger partial charge in [0.25, 0.3) is 0 Å². The molecule has 0 saturated carbocycles. The van der Waals surface area contributed by atoms with Crippen LogP contribution >= 0.6 is 0 Å². The summed E-state index contributed by atoms with van der Waals surface area (Å²) in [6, 6.07) is 16.7. The molecule has 26 heavy (non-hydrogen) atoms. The molecule has 2 heterocycles. The highest BCUT2D eigenvalue weighted by Crippen LogP contribution is 2.30. The summed E-state index contributed by atoms with van der Waals surface area (Å²) in [5, 5.41) is 0. The van der Waals surface area contributed by atoms with Crippen molar-refractivity contribution in [2.75, 3.05) is 26.7 Å². The second kappa shape index (κ2) is 7.12. The lowest BCUT2D eigenvalue weighted by Gasteiger charge is -2.40. The van der Waals surface area contributed by atoms with Crippen LogP contribution in [0.1, 0.15) is 29.7 Å². The van der Waals surface area contributed by atoms with Gasteiger partial charge in [-0.05, 0) is 36.7 Å². The summed E-state index contributed by atoms with van der Waals surface area (Å²) in [5.41, 5.74) is 3.52. The number of ether oxygens (including phenoxy) is 1. The lowest BCUT2D eigenvalue weighted by Crippen LogP contribution is -2.49. The molecule has 4 rings (SSSR count). The van der Waals surface area contributed by atoms with Crippen LogP contribution in [0.15, 0.2) is 48.5 Å². The third kappa shape index (κ3) is 3.47. The summed E-state index contributed by atoms with van der Waals surface area (Å²) < 4.78 is 5.77. The quantitative estimate of drug-likeness (QED) is 0.853. The first-order valence-electron chi connectivity index (χ1n) is 9.41. The maximum absolute atomic E-state index is 13.1. The smallest absolute Gasteiger partial charge is 0.227 e. The third-order valence-electron chi connectivity index (χ3n) is 5.40. The van der Waals surface area contributed by atoms with Crippen molar-refractivity contribution in [1.82, 2.24) is 9.80 Å². The minimum Gasteiger partial charge on any atom is -0.490 e. The van der Waals surface area contributed by atoms with Gasteiger partial charge < -0.3 is 14.5 Å². The summed E-state index contributed by atoms with van der Waals surface area (Å²) in [5.74, 6) is 1.18. The Morgan fingerprint density at radius 1 is 1.15 bits per heavy atom. The molecule has 1 saturated heterocycles. The molecule has 0 unspecified atom stereocenters. The van der Waals surface area contributed by atoms with Gasteiger partial charge in [-0.1, -0.05) is 42.5 Å². The van der Waals surface area contributed by atoms with Crippen LogP contribution in [0.25, 0.3) is 0 Å². The number of hydrogen-bond donors (Lipinski definition) is 0. The van der Waals surface area contributed by atoms with Gasteiger partial charge in [-0.3, -0.25) is 4.79 Å². The largest absolute Gasteiger partial charge is 0.490 e. The van der Waals surface area contributed by atoms with E-state index in [1.54, 1.807) is 0 Å². The fourth-order valence-corrected chi connectivity index (χ4v) is 4.04. The number of piperazine rings is 1. The molecule has 0 radical (unpaired) electrons. The third-order valence-corrected chi connectivity index (χ3v) is 5.40. The minimum atomic E-state index is 0.125. The Hall–Kier alpha value is -2.33. The summed E-state index contributed by atoms with van der Waals surface area (Å²) in [4.78, 5) is 17.5. The first-order valence-corrected chi connectivity index (χ1v) is 9.41. The zero-order valence-electron chi connectivity index (χ0n) is 15.5. The molecule has 0 N–H and O–H groups in total. The highest BCUT2D eigenvalue weighted by atomic mass is 16.5. The van der Waals surface area contributed by atoms with Gasteiger partial charge in [-0.25, -0.2) is 0 Å². The molecular weight excluding hydrogens is 324 g/mol. The van der Waals surface area contributed by atoms with Crippen molar-refractivity contribution in [1.29, 1.82) is 0 Å². The number of likely N-dealkylation sites (N-methyl/N-ethyl adjacent to an activating group) is 1. The zero-order valence-corrected chi connectivity index (χ0v) is 15.5. The second-order valence-corrected chi connectivity index (χ2v) is 7.53. The van der Waals surface area contributed by atoms with E-state index in [2.05, 4.69) is 42.0 Å². The van der Waals surface area contributed by atoms with E-state index in [1.807, 2.05) is 30.3 Å². The molecule has 2 aromatic carbocycles. The highest BCUT2D eigenvalue weighted by Gasteiger charge is 2.30. The first-order chi connectivity index (χ1) is 12.6. The zero-order chi connectivity index (χ0) is 18.1. The van der Waals surface area contributed by atoms with Gasteiger partial charge in [0.1, 0.15) is 11.9 Å². The molecule has 0 spiro atoms. The Kier molecular flexibility index (Phi) is 4.68. The normalized spacial score (nSPS) is 22.8. The van der Waals surface area contributed by atoms with Crippen LogP contribution in [0.3, 0.4) is 0 Å². The number of hydrogen-bond acceptors (Lipinski definition) is 3. The predicted octanol–water partition coefficient (Wildman–Crippen LogP) is 3.07. The average Bonchev–Trinajstić information content (AvgIpc) is 3.01.